The summed E-state index contributed by atoms with van der Waals surface area (Å²) in [4.78, 5) is 0. The third-order valence-corrected chi connectivity index (χ3v) is 11.1. The van der Waals surface area contributed by atoms with Gasteiger partial charge in [0.25, 0.3) is 0 Å². The van der Waals surface area contributed by atoms with E-state index in [1.807, 2.05) is 0 Å². The molecule has 0 spiro atoms. The van der Waals surface area contributed by atoms with Crippen LogP contribution in [0.4, 0.5) is 0 Å². The van der Waals surface area contributed by atoms with Gasteiger partial charge >= 0.3 is 16.5 Å². The van der Waals surface area contributed by atoms with E-state index in [2.05, 4.69) is 77.9 Å². The largest absolute Gasteiger partial charge is 2.00 e. The van der Waals surface area contributed by atoms with E-state index in [0.29, 0.717) is 0 Å². The van der Waals surface area contributed by atoms with Gasteiger partial charge in [-0.1, -0.05) is 150 Å². The Kier molecular flexibility index (Phi) is 30.0. The maximum atomic E-state index is 12.6. The molecule has 0 aliphatic carbocycles. The molecule has 0 atom stereocenters. The molecule has 54 heavy (non-hydrogen) atoms. The zero-order valence-electron chi connectivity index (χ0n) is 36.8. The molecular formula is C51H84N2Ni. The van der Waals surface area contributed by atoms with Gasteiger partial charge in [0.1, 0.15) is 0 Å². The zero-order valence-corrected chi connectivity index (χ0v) is 37.8. The summed E-state index contributed by atoms with van der Waals surface area (Å²) >= 11 is 0. The van der Waals surface area contributed by atoms with E-state index in [1.165, 1.54) is 167 Å². The minimum absolute atomic E-state index is 0. The summed E-state index contributed by atoms with van der Waals surface area (Å²) in [5, 5.41) is 0. The van der Waals surface area contributed by atoms with E-state index >= 15 is 0 Å². The Balaban J connectivity index is 0.00000936. The molecular weight excluding hydrogens is 699 g/mol. The number of hydrogen-bond acceptors (Lipinski definition) is 0. The molecule has 1 aliphatic heterocycles. The zero-order chi connectivity index (χ0) is 36.7. The summed E-state index contributed by atoms with van der Waals surface area (Å²) in [6.07, 6.45) is 33.2. The average Bonchev–Trinajstić information content (AvgIpc) is 3.41. The summed E-state index contributed by atoms with van der Waals surface area (Å²) in [5.74, 6) is 0. The number of aryl methyl sites for hydroxylation is 4. The fraction of sp³-hybridized carbons (Fsp3) is 0.647. The molecule has 2 nitrogen and oxygen atoms in total. The number of benzene rings is 2. The topological polar surface area (TPSA) is 25.3 Å². The van der Waals surface area contributed by atoms with E-state index < -0.39 is 0 Å². The molecule has 308 valence electrons. The normalized spacial score (nSPS) is 12.6. The van der Waals surface area contributed by atoms with Crippen LogP contribution in [-0.2, 0) is 42.2 Å². The van der Waals surface area contributed by atoms with E-state index in [1.54, 1.807) is 4.70 Å². The number of unbranched alkanes of at least 4 members (excludes halogenated alkanes) is 15. The molecule has 0 unspecified atom stereocenters. The third kappa shape index (κ3) is 17.4. The van der Waals surface area contributed by atoms with E-state index in [9.17, 15) is 5.53 Å². The number of hydrogen-bond donors (Lipinski definition) is 0. The van der Waals surface area contributed by atoms with Gasteiger partial charge in [-0.05, 0) is 124 Å². The second kappa shape index (κ2) is 31.1. The molecule has 0 aromatic heterocycles. The fourth-order valence-electron chi connectivity index (χ4n) is 8.05. The van der Waals surface area contributed by atoms with Crippen molar-refractivity contribution in [3.63, 3.8) is 0 Å². The van der Waals surface area contributed by atoms with Crippen molar-refractivity contribution < 1.29 is 21.2 Å². The van der Waals surface area contributed by atoms with Gasteiger partial charge in [-0.25, -0.2) is 4.70 Å². The summed E-state index contributed by atoms with van der Waals surface area (Å²) in [6, 6.07) is 14.7. The van der Waals surface area contributed by atoms with Crippen molar-refractivity contribution >= 4 is 11.4 Å². The summed E-state index contributed by atoms with van der Waals surface area (Å²) in [5.41, 5.74) is 25.8. The first-order chi connectivity index (χ1) is 25.0. The molecule has 0 radical (unpaired) electrons. The van der Waals surface area contributed by atoms with Gasteiger partial charge in [0.05, 0.1) is 0 Å². The van der Waals surface area contributed by atoms with Gasteiger partial charge in [0.2, 0.25) is 11.4 Å². The number of allylic oxidation sites excluding steroid dienone is 2. The second-order valence-electron chi connectivity index (χ2n) is 15.8. The van der Waals surface area contributed by atoms with Crippen molar-refractivity contribution in [3.05, 3.63) is 101 Å². The van der Waals surface area contributed by atoms with Crippen LogP contribution in [0.2, 0.25) is 0 Å². The van der Waals surface area contributed by atoms with Crippen LogP contribution in [-0.4, -0.2) is 4.70 Å². The molecule has 0 fully saturated rings. The number of rotatable bonds is 29. The Labute approximate surface area is 347 Å². The maximum absolute atomic E-state index is 12.6. The Morgan fingerprint density at radius 3 is 0.981 bits per heavy atom. The van der Waals surface area contributed by atoms with E-state index in [-0.39, 0.29) is 31.3 Å². The van der Waals surface area contributed by atoms with Crippen LogP contribution >= 0.6 is 0 Å². The smallest absolute Gasteiger partial charge is 0.493 e. The molecule has 3 rings (SSSR count). The van der Waals surface area contributed by atoms with Crippen molar-refractivity contribution in [2.24, 2.45) is 0 Å². The minimum atomic E-state index is 0. The second-order valence-corrected chi connectivity index (χ2v) is 15.8. The van der Waals surface area contributed by atoms with Crippen molar-refractivity contribution in [1.29, 1.82) is 0 Å². The van der Waals surface area contributed by atoms with E-state index in [0.717, 1.165) is 62.8 Å². The standard InChI is InChI=1S/C49H78N2.2CH3.Ni/c1-7-13-19-21-23-26-30-42-34-40(28-16-10-4)36-44(38-42)48-46(32-18-12-6)47(33-25-15-9-3)49(51(48)50)45-37-41(29-17-11-5)35-43(39-45)31-27-24-22-20-14-8-2;;;/h34-39H,7-33H2,1-6H3;2*1H3;/q;2*-1;+2. The van der Waals surface area contributed by atoms with Crippen molar-refractivity contribution in [2.75, 3.05) is 0 Å². The molecule has 0 saturated carbocycles. The Morgan fingerprint density at radius 2 is 0.611 bits per heavy atom. The maximum Gasteiger partial charge on any atom is 2.00 e. The fourth-order valence-corrected chi connectivity index (χ4v) is 8.05. The predicted octanol–water partition coefficient (Wildman–Crippen LogP) is 17.0. The van der Waals surface area contributed by atoms with Gasteiger partial charge in [-0.15, -0.1) is 0 Å². The average molecular weight is 784 g/mol. The summed E-state index contributed by atoms with van der Waals surface area (Å²) in [6.45, 7) is 13.8. The molecule has 3 heteroatoms. The molecule has 2 aromatic rings. The van der Waals surface area contributed by atoms with Gasteiger partial charge in [0, 0.05) is 22.3 Å². The molecule has 1 heterocycles. The van der Waals surface area contributed by atoms with Crippen LogP contribution in [0.1, 0.15) is 223 Å². The quantitative estimate of drug-likeness (QED) is 0.0340. The first-order valence-corrected chi connectivity index (χ1v) is 22.2. The molecule has 1 aliphatic rings. The monoisotopic (exact) mass is 783 g/mol. The van der Waals surface area contributed by atoms with Gasteiger partial charge in [-0.2, -0.15) is 0 Å². The Morgan fingerprint density at radius 1 is 0.352 bits per heavy atom. The molecule has 0 saturated heterocycles. The molecule has 2 aromatic carbocycles. The third-order valence-electron chi connectivity index (χ3n) is 11.1. The van der Waals surface area contributed by atoms with Gasteiger partial charge in [0.15, 0.2) is 0 Å². The van der Waals surface area contributed by atoms with Crippen molar-refractivity contribution in [3.8, 4) is 0 Å². The van der Waals surface area contributed by atoms with Crippen LogP contribution in [0, 0.1) is 14.9 Å². The number of nitrogens with zero attached hydrogens (tertiary/aromatic N) is 2. The van der Waals surface area contributed by atoms with Crippen molar-refractivity contribution in [1.82, 2.24) is 0 Å². The van der Waals surface area contributed by atoms with Crippen LogP contribution in [0.5, 0.6) is 0 Å². The Bertz CT molecular complexity index is 1370. The molecule has 0 N–H and O–H groups in total. The van der Waals surface area contributed by atoms with Crippen LogP contribution in [0.25, 0.3) is 16.9 Å². The molecule has 0 amide bonds. The SMILES string of the molecule is CCCCCCCCc1cc(CCCC)cc(C2=C(CCCC)C(CCCCC)=C(c3cc(CCCC)cc(CCCCCCCC)c3)[N+]2=[N-])c1.[CH3-].[CH3-].[Ni+2]. The minimum Gasteiger partial charge on any atom is -0.493 e. The summed E-state index contributed by atoms with van der Waals surface area (Å²) in [7, 11) is 0. The molecule has 0 bridgehead atoms. The predicted molar refractivity (Wildman–Crippen MR) is 238 cm³/mol. The van der Waals surface area contributed by atoms with Crippen LogP contribution < -0.4 is 0 Å². The first-order valence-electron chi connectivity index (χ1n) is 22.2. The van der Waals surface area contributed by atoms with Crippen LogP contribution in [0.15, 0.2) is 47.5 Å². The first kappa shape index (κ1) is 52.0. The van der Waals surface area contributed by atoms with E-state index in [4.69, 9.17) is 0 Å². The van der Waals surface area contributed by atoms with Crippen LogP contribution in [0.3, 0.4) is 0 Å². The summed E-state index contributed by atoms with van der Waals surface area (Å²) < 4.78 is 1.67. The Hall–Kier alpha value is -1.99. The van der Waals surface area contributed by atoms with Gasteiger partial charge < -0.3 is 20.4 Å². The van der Waals surface area contributed by atoms with Crippen molar-refractivity contribution in [2.45, 2.75) is 215 Å². The van der Waals surface area contributed by atoms with Gasteiger partial charge in [-0.3, -0.25) is 0 Å².